The van der Waals surface area contributed by atoms with E-state index in [1.165, 1.54) is 4.90 Å². The summed E-state index contributed by atoms with van der Waals surface area (Å²) in [6, 6.07) is 14.7. The van der Waals surface area contributed by atoms with Gasteiger partial charge in [0.1, 0.15) is 0 Å². The van der Waals surface area contributed by atoms with Crippen molar-refractivity contribution in [3.8, 4) is 0 Å². The van der Waals surface area contributed by atoms with Gasteiger partial charge in [-0.1, -0.05) is 18.2 Å². The maximum atomic E-state index is 12.9. The molecule has 2 aromatic carbocycles. The van der Waals surface area contributed by atoms with Crippen molar-refractivity contribution < 1.29 is 9.59 Å². The molecule has 0 N–H and O–H groups in total. The third-order valence-corrected chi connectivity index (χ3v) is 5.07. The minimum absolute atomic E-state index is 0.250. The SMILES string of the molecule is CSc1cc2c3c(ccc2n1C)C(=O)N(c1ccccc1)C3=O. The molecule has 0 bridgehead atoms. The standard InChI is InChI=1S/C18H14N2O2S/c1-19-14-9-8-12-16(13(14)10-15(19)23-2)18(22)20(17(12)21)11-6-4-3-5-7-11/h3-10H,1-2H3. The van der Waals surface area contributed by atoms with Gasteiger partial charge in [-0.25, -0.2) is 4.90 Å². The molecule has 4 rings (SSSR count). The van der Waals surface area contributed by atoms with Crippen LogP contribution in [-0.4, -0.2) is 22.6 Å². The number of fused-ring (bicyclic) bond motifs is 3. The number of hydrogen-bond donors (Lipinski definition) is 0. The van der Waals surface area contributed by atoms with Gasteiger partial charge in [0.15, 0.2) is 0 Å². The van der Waals surface area contributed by atoms with Crippen molar-refractivity contribution in [3.63, 3.8) is 0 Å². The van der Waals surface area contributed by atoms with Crippen LogP contribution in [0.2, 0.25) is 0 Å². The van der Waals surface area contributed by atoms with Gasteiger partial charge in [0.05, 0.1) is 21.8 Å². The van der Waals surface area contributed by atoms with E-state index in [-0.39, 0.29) is 11.8 Å². The van der Waals surface area contributed by atoms with Gasteiger partial charge in [-0.3, -0.25) is 9.59 Å². The van der Waals surface area contributed by atoms with E-state index in [0.29, 0.717) is 16.8 Å². The number of aryl methyl sites for hydroxylation is 1. The first kappa shape index (κ1) is 14.1. The lowest BCUT2D eigenvalue weighted by atomic mass is 10.1. The zero-order chi connectivity index (χ0) is 16.1. The van der Waals surface area contributed by atoms with E-state index in [1.807, 2.05) is 48.2 Å². The molecule has 0 spiro atoms. The maximum absolute atomic E-state index is 12.9. The van der Waals surface area contributed by atoms with Crippen molar-refractivity contribution in [3.05, 3.63) is 59.7 Å². The van der Waals surface area contributed by atoms with Gasteiger partial charge in [-0.15, -0.1) is 11.8 Å². The number of benzene rings is 2. The summed E-state index contributed by atoms with van der Waals surface area (Å²) in [5.74, 6) is -0.507. The fourth-order valence-corrected chi connectivity index (χ4v) is 3.73. The van der Waals surface area contributed by atoms with Crippen LogP contribution in [0.1, 0.15) is 20.7 Å². The summed E-state index contributed by atoms with van der Waals surface area (Å²) in [5, 5.41) is 1.90. The van der Waals surface area contributed by atoms with Gasteiger partial charge in [0.25, 0.3) is 11.8 Å². The smallest absolute Gasteiger partial charge is 0.266 e. The van der Waals surface area contributed by atoms with Crippen molar-refractivity contribution in [2.45, 2.75) is 5.03 Å². The molecule has 0 fully saturated rings. The molecule has 4 nitrogen and oxygen atoms in total. The molecule has 0 radical (unpaired) electrons. The summed E-state index contributed by atoms with van der Waals surface area (Å²) in [6.45, 7) is 0. The van der Waals surface area contributed by atoms with E-state index < -0.39 is 0 Å². The first-order chi connectivity index (χ1) is 11.1. The quantitative estimate of drug-likeness (QED) is 0.534. The topological polar surface area (TPSA) is 42.3 Å². The lowest BCUT2D eigenvalue weighted by molar-refractivity contribution is 0.0926. The maximum Gasteiger partial charge on any atom is 0.266 e. The zero-order valence-corrected chi connectivity index (χ0v) is 13.6. The van der Waals surface area contributed by atoms with Gasteiger partial charge in [-0.05, 0) is 36.6 Å². The summed E-state index contributed by atoms with van der Waals surface area (Å²) < 4.78 is 2.04. The Kier molecular flexibility index (Phi) is 3.06. The predicted molar refractivity (Wildman–Crippen MR) is 92.3 cm³/mol. The highest BCUT2D eigenvalue weighted by Gasteiger charge is 2.38. The number of amides is 2. The highest BCUT2D eigenvalue weighted by Crippen LogP contribution is 2.35. The van der Waals surface area contributed by atoms with Crippen LogP contribution in [0.5, 0.6) is 0 Å². The Morgan fingerprint density at radius 1 is 0.957 bits per heavy atom. The van der Waals surface area contributed by atoms with Crippen molar-refractivity contribution in [2.24, 2.45) is 7.05 Å². The van der Waals surface area contributed by atoms with Gasteiger partial charge in [-0.2, -0.15) is 0 Å². The molecule has 0 atom stereocenters. The predicted octanol–water partition coefficient (Wildman–Crippen LogP) is 3.70. The molecule has 0 aliphatic carbocycles. The average Bonchev–Trinajstić information content (AvgIpc) is 3.03. The zero-order valence-electron chi connectivity index (χ0n) is 12.7. The van der Waals surface area contributed by atoms with E-state index in [9.17, 15) is 9.59 Å². The molecule has 114 valence electrons. The summed E-state index contributed by atoms with van der Waals surface area (Å²) in [5.41, 5.74) is 2.55. The van der Waals surface area contributed by atoms with Crippen LogP contribution in [0, 0.1) is 0 Å². The van der Waals surface area contributed by atoms with E-state index in [1.54, 1.807) is 30.0 Å². The Hall–Kier alpha value is -2.53. The Bertz CT molecular complexity index is 960. The molecule has 0 saturated heterocycles. The van der Waals surface area contributed by atoms with E-state index >= 15 is 0 Å². The molecule has 1 aromatic heterocycles. The second-order valence-electron chi connectivity index (χ2n) is 5.45. The third kappa shape index (κ3) is 1.86. The fourth-order valence-electron chi connectivity index (χ4n) is 3.13. The number of carbonyl (C=O) groups is 2. The van der Waals surface area contributed by atoms with Crippen LogP contribution >= 0.6 is 11.8 Å². The van der Waals surface area contributed by atoms with E-state index in [0.717, 1.165) is 15.9 Å². The minimum Gasteiger partial charge on any atom is -0.339 e. The fraction of sp³-hybridized carbons (Fsp3) is 0.111. The lowest BCUT2D eigenvalue weighted by Crippen LogP contribution is -2.29. The molecule has 2 heterocycles. The second-order valence-corrected chi connectivity index (χ2v) is 6.27. The number of nitrogens with zero attached hydrogens (tertiary/aromatic N) is 2. The van der Waals surface area contributed by atoms with Gasteiger partial charge >= 0.3 is 0 Å². The number of carbonyl (C=O) groups excluding carboxylic acids is 2. The molecular formula is C18H14N2O2S. The Morgan fingerprint density at radius 3 is 2.39 bits per heavy atom. The highest BCUT2D eigenvalue weighted by atomic mass is 32.2. The first-order valence-corrected chi connectivity index (χ1v) is 8.46. The number of thioether (sulfide) groups is 1. The molecule has 1 aliphatic rings. The summed E-state index contributed by atoms with van der Waals surface area (Å²) in [4.78, 5) is 26.9. The number of hydrogen-bond acceptors (Lipinski definition) is 3. The van der Waals surface area contributed by atoms with Crippen LogP contribution in [0.3, 0.4) is 0 Å². The number of imide groups is 1. The van der Waals surface area contributed by atoms with Crippen LogP contribution in [-0.2, 0) is 7.05 Å². The van der Waals surface area contributed by atoms with Crippen LogP contribution < -0.4 is 4.90 Å². The minimum atomic E-state index is -0.257. The normalized spacial score (nSPS) is 13.9. The van der Waals surface area contributed by atoms with Crippen molar-refractivity contribution in [1.29, 1.82) is 0 Å². The van der Waals surface area contributed by atoms with E-state index in [4.69, 9.17) is 0 Å². The van der Waals surface area contributed by atoms with Gasteiger partial charge in [0, 0.05) is 18.0 Å². The molecule has 0 saturated carbocycles. The number of rotatable bonds is 2. The van der Waals surface area contributed by atoms with Crippen molar-refractivity contribution in [1.82, 2.24) is 4.57 Å². The van der Waals surface area contributed by atoms with Crippen LogP contribution in [0.25, 0.3) is 10.9 Å². The first-order valence-electron chi connectivity index (χ1n) is 7.23. The lowest BCUT2D eigenvalue weighted by Gasteiger charge is -2.13. The average molecular weight is 322 g/mol. The molecule has 3 aromatic rings. The molecule has 23 heavy (non-hydrogen) atoms. The van der Waals surface area contributed by atoms with E-state index in [2.05, 4.69) is 0 Å². The number of aromatic nitrogens is 1. The summed E-state index contributed by atoms with van der Waals surface area (Å²) in [7, 11) is 1.97. The Balaban J connectivity index is 1.96. The molecule has 2 amide bonds. The largest absolute Gasteiger partial charge is 0.339 e. The third-order valence-electron chi connectivity index (χ3n) is 4.26. The van der Waals surface area contributed by atoms with Crippen LogP contribution in [0.15, 0.2) is 53.6 Å². The number of anilines is 1. The van der Waals surface area contributed by atoms with Gasteiger partial charge in [0.2, 0.25) is 0 Å². The molecule has 5 heteroatoms. The molecular weight excluding hydrogens is 308 g/mol. The summed E-state index contributed by atoms with van der Waals surface area (Å²) >= 11 is 1.62. The van der Waals surface area contributed by atoms with Crippen molar-refractivity contribution in [2.75, 3.05) is 11.2 Å². The van der Waals surface area contributed by atoms with Crippen LogP contribution in [0.4, 0.5) is 5.69 Å². The van der Waals surface area contributed by atoms with Crippen molar-refractivity contribution >= 4 is 40.2 Å². The molecule has 1 aliphatic heterocycles. The summed E-state index contributed by atoms with van der Waals surface area (Å²) in [6.07, 6.45) is 2.00. The Morgan fingerprint density at radius 2 is 1.70 bits per heavy atom. The second kappa shape index (κ2) is 4.99. The monoisotopic (exact) mass is 322 g/mol. The Labute approximate surface area is 137 Å². The van der Waals surface area contributed by atoms with Gasteiger partial charge < -0.3 is 4.57 Å². The molecule has 0 unspecified atom stereocenters. The number of para-hydroxylation sites is 1. The highest BCUT2D eigenvalue weighted by molar-refractivity contribution is 7.98.